The fourth-order valence-corrected chi connectivity index (χ4v) is 5.71. The molecule has 1 N–H and O–H groups in total. The van der Waals surface area contributed by atoms with Crippen LogP contribution < -0.4 is 23.7 Å². The third-order valence-electron chi connectivity index (χ3n) is 6.93. The maximum atomic E-state index is 13.6. The highest BCUT2D eigenvalue weighted by molar-refractivity contribution is 7.87. The smallest absolute Gasteiger partial charge is 0.339 e. The average Bonchev–Trinajstić information content (AvgIpc) is 3.03. The molecular formula is C35H38N2O9S. The molecule has 1 fully saturated rings. The second-order valence-corrected chi connectivity index (χ2v) is 12.1. The van der Waals surface area contributed by atoms with Crippen LogP contribution in [0.4, 0.5) is 4.79 Å². The van der Waals surface area contributed by atoms with Crippen molar-refractivity contribution in [1.82, 2.24) is 10.2 Å². The Labute approximate surface area is 274 Å². The Morgan fingerprint density at radius 1 is 0.872 bits per heavy atom. The van der Waals surface area contributed by atoms with Crippen molar-refractivity contribution in [3.63, 3.8) is 0 Å². The van der Waals surface area contributed by atoms with E-state index in [-0.39, 0.29) is 41.5 Å². The number of carbonyl (C=O) groups excluding carboxylic acids is 3. The molecule has 3 aromatic rings. The summed E-state index contributed by atoms with van der Waals surface area (Å²) in [4.78, 5) is 40.2. The molecule has 0 radical (unpaired) electrons. The van der Waals surface area contributed by atoms with E-state index in [0.717, 1.165) is 16.9 Å². The highest BCUT2D eigenvalue weighted by atomic mass is 32.2. The molecule has 0 atom stereocenters. The molecule has 12 heteroatoms. The van der Waals surface area contributed by atoms with Gasteiger partial charge in [-0.25, -0.2) is 4.79 Å². The van der Waals surface area contributed by atoms with Crippen LogP contribution in [0.5, 0.6) is 23.0 Å². The zero-order valence-corrected chi connectivity index (χ0v) is 27.6. The molecule has 248 valence electrons. The van der Waals surface area contributed by atoms with Crippen LogP contribution in [0.2, 0.25) is 0 Å². The number of nitrogens with one attached hydrogen (secondary N) is 1. The van der Waals surface area contributed by atoms with E-state index in [4.69, 9.17) is 18.4 Å². The summed E-state index contributed by atoms with van der Waals surface area (Å²) in [6.45, 7) is 12.1. The molecule has 47 heavy (non-hydrogen) atoms. The van der Waals surface area contributed by atoms with Gasteiger partial charge in [-0.1, -0.05) is 36.8 Å². The van der Waals surface area contributed by atoms with E-state index < -0.39 is 28.0 Å². The minimum absolute atomic E-state index is 0.0352. The van der Waals surface area contributed by atoms with Crippen LogP contribution in [0.25, 0.3) is 6.08 Å². The lowest BCUT2D eigenvalue weighted by Gasteiger charge is -2.27. The fraction of sp³-hybridized carbons (Fsp3) is 0.286. The SMILES string of the molecule is C=CCc1cc(/C=C2\C(=O)NC(=O)N(Cc3ccc(OCCC)c(OCC)c3)C2=O)cc(OCC)c1OS(=O)(=O)c1ccc(C)cc1. The van der Waals surface area contributed by atoms with Gasteiger partial charge in [-0.05, 0) is 87.2 Å². The van der Waals surface area contributed by atoms with E-state index in [0.29, 0.717) is 41.4 Å². The Kier molecular flexibility index (Phi) is 11.4. The van der Waals surface area contributed by atoms with E-state index >= 15 is 0 Å². The second-order valence-electron chi connectivity index (χ2n) is 10.6. The first-order chi connectivity index (χ1) is 22.5. The molecule has 4 rings (SSSR count). The van der Waals surface area contributed by atoms with Crippen LogP contribution in [0.1, 0.15) is 49.4 Å². The van der Waals surface area contributed by atoms with Crippen LogP contribution in [-0.4, -0.2) is 51.0 Å². The summed E-state index contributed by atoms with van der Waals surface area (Å²) in [6.07, 6.45) is 3.86. The van der Waals surface area contributed by atoms with Crippen LogP contribution in [0.15, 0.2) is 77.7 Å². The Morgan fingerprint density at radius 2 is 1.57 bits per heavy atom. The number of hydrogen-bond acceptors (Lipinski definition) is 9. The summed E-state index contributed by atoms with van der Waals surface area (Å²) >= 11 is 0. The molecular weight excluding hydrogens is 624 g/mol. The number of carbonyl (C=O) groups is 3. The van der Waals surface area contributed by atoms with E-state index in [9.17, 15) is 22.8 Å². The number of aryl methyl sites for hydroxylation is 1. The molecule has 11 nitrogen and oxygen atoms in total. The van der Waals surface area contributed by atoms with Gasteiger partial charge in [-0.3, -0.25) is 19.8 Å². The third kappa shape index (κ3) is 8.39. The Hall–Kier alpha value is -5.10. The Bertz CT molecular complexity index is 1800. The van der Waals surface area contributed by atoms with Gasteiger partial charge in [0.05, 0.1) is 26.4 Å². The van der Waals surface area contributed by atoms with E-state index in [1.807, 2.05) is 20.8 Å². The normalized spacial score (nSPS) is 14.2. The largest absolute Gasteiger partial charge is 0.490 e. The minimum atomic E-state index is -4.24. The number of amides is 4. The van der Waals surface area contributed by atoms with Crippen molar-refractivity contribution in [3.05, 3.63) is 95.1 Å². The number of ether oxygens (including phenoxy) is 3. The standard InChI is InChI=1S/C35H38N2O9S/c1-6-10-26-18-25(21-31(44-9-4)32(26)46-47(41,42)27-14-11-23(5)12-15-27)19-28-33(38)36-35(40)37(34(28)39)22-24-13-16-29(45-17-7-2)30(20-24)43-8-3/h6,11-16,18-21H,1,7-10,17,22H2,2-5H3,(H,36,38,40)/b28-19+. The van der Waals surface area contributed by atoms with Crippen molar-refractivity contribution >= 4 is 34.0 Å². The minimum Gasteiger partial charge on any atom is -0.490 e. The van der Waals surface area contributed by atoms with Crippen LogP contribution in [0, 0.1) is 6.92 Å². The van der Waals surface area contributed by atoms with Crippen molar-refractivity contribution in [1.29, 1.82) is 0 Å². The maximum absolute atomic E-state index is 13.6. The molecule has 1 aliphatic heterocycles. The van der Waals surface area contributed by atoms with E-state index in [1.54, 1.807) is 49.4 Å². The predicted molar refractivity (Wildman–Crippen MR) is 176 cm³/mol. The van der Waals surface area contributed by atoms with Gasteiger partial charge in [0.1, 0.15) is 10.5 Å². The van der Waals surface area contributed by atoms with Crippen molar-refractivity contribution in [2.45, 2.75) is 52.0 Å². The van der Waals surface area contributed by atoms with Crippen molar-refractivity contribution in [2.75, 3.05) is 19.8 Å². The molecule has 1 heterocycles. The number of nitrogens with zero attached hydrogens (tertiary/aromatic N) is 1. The van der Waals surface area contributed by atoms with Gasteiger partial charge in [0.15, 0.2) is 23.0 Å². The van der Waals surface area contributed by atoms with Crippen molar-refractivity contribution in [2.24, 2.45) is 0 Å². The van der Waals surface area contributed by atoms with Crippen LogP contribution >= 0.6 is 0 Å². The monoisotopic (exact) mass is 662 g/mol. The van der Waals surface area contributed by atoms with E-state index in [2.05, 4.69) is 11.9 Å². The number of allylic oxidation sites excluding steroid dienone is 1. The van der Waals surface area contributed by atoms with Gasteiger partial charge < -0.3 is 18.4 Å². The molecule has 0 aromatic heterocycles. The summed E-state index contributed by atoms with van der Waals surface area (Å²) < 4.78 is 49.2. The average molecular weight is 663 g/mol. The summed E-state index contributed by atoms with van der Waals surface area (Å²) in [7, 11) is -4.24. The van der Waals surface area contributed by atoms with Crippen LogP contribution in [-0.2, 0) is 32.7 Å². The quantitative estimate of drug-likeness (QED) is 0.0935. The Balaban J connectivity index is 1.69. The first-order valence-corrected chi connectivity index (χ1v) is 16.6. The van der Waals surface area contributed by atoms with Gasteiger partial charge in [0, 0.05) is 5.56 Å². The van der Waals surface area contributed by atoms with Gasteiger partial charge >= 0.3 is 16.1 Å². The van der Waals surface area contributed by atoms with Gasteiger partial charge in [-0.15, -0.1) is 6.58 Å². The fourth-order valence-electron chi connectivity index (χ4n) is 4.73. The second kappa shape index (κ2) is 15.5. The first kappa shape index (κ1) is 34.8. The van der Waals surface area contributed by atoms with Gasteiger partial charge in [-0.2, -0.15) is 8.42 Å². The summed E-state index contributed by atoms with van der Waals surface area (Å²) in [6, 6.07) is 13.5. The number of urea groups is 1. The summed E-state index contributed by atoms with van der Waals surface area (Å²) in [5.41, 5.74) is 1.90. The number of rotatable bonds is 15. The number of hydrogen-bond donors (Lipinski definition) is 1. The van der Waals surface area contributed by atoms with Gasteiger partial charge in [0.2, 0.25) is 0 Å². The highest BCUT2D eigenvalue weighted by Gasteiger charge is 2.36. The zero-order valence-electron chi connectivity index (χ0n) is 26.8. The predicted octanol–water partition coefficient (Wildman–Crippen LogP) is 5.74. The third-order valence-corrected chi connectivity index (χ3v) is 8.16. The number of benzene rings is 3. The molecule has 0 saturated carbocycles. The summed E-state index contributed by atoms with van der Waals surface area (Å²) in [5.74, 6) is -0.627. The number of barbiturate groups is 1. The van der Waals surface area contributed by atoms with Crippen molar-refractivity contribution < 1.29 is 41.2 Å². The lowest BCUT2D eigenvalue weighted by atomic mass is 10.0. The number of imide groups is 2. The maximum Gasteiger partial charge on any atom is 0.339 e. The molecule has 1 aliphatic rings. The van der Waals surface area contributed by atoms with E-state index in [1.165, 1.54) is 24.3 Å². The lowest BCUT2D eigenvalue weighted by molar-refractivity contribution is -0.130. The summed E-state index contributed by atoms with van der Waals surface area (Å²) in [5, 5.41) is 2.23. The molecule has 0 unspecified atom stereocenters. The molecule has 4 amide bonds. The molecule has 0 bridgehead atoms. The topological polar surface area (TPSA) is 138 Å². The van der Waals surface area contributed by atoms with Crippen LogP contribution in [0.3, 0.4) is 0 Å². The molecule has 0 spiro atoms. The molecule has 3 aromatic carbocycles. The Morgan fingerprint density at radius 3 is 2.23 bits per heavy atom. The van der Waals surface area contributed by atoms with Gasteiger partial charge in [0.25, 0.3) is 11.8 Å². The lowest BCUT2D eigenvalue weighted by Crippen LogP contribution is -2.53. The first-order valence-electron chi connectivity index (χ1n) is 15.2. The highest BCUT2D eigenvalue weighted by Crippen LogP contribution is 2.37. The van der Waals surface area contributed by atoms with Crippen molar-refractivity contribution in [3.8, 4) is 23.0 Å². The molecule has 0 aliphatic carbocycles. The zero-order chi connectivity index (χ0) is 34.1. The molecule has 1 saturated heterocycles.